The fourth-order valence-electron chi connectivity index (χ4n) is 7.68. The summed E-state index contributed by atoms with van der Waals surface area (Å²) in [7, 11) is 1.89. The first-order valence-electron chi connectivity index (χ1n) is 19.0. The van der Waals surface area contributed by atoms with E-state index in [4.69, 9.17) is 10.2 Å². The van der Waals surface area contributed by atoms with Crippen molar-refractivity contribution in [3.63, 3.8) is 0 Å². The standard InChI is InChI=1S/C30H32N4O3.C15H12N2O2/c35-27(36)19-20-31-30(37)22-15-17-23(18-16-22)32-28(21-9-3-1-4-10-21)29-25-13-7-8-14-26(25)34(33-29)24-11-5-2-6-12-24;1-17(11-7-3-2-4-8-11)13-10-6-5-9-12(13)14(16-17)15(18)19/h2,5-8,11-18,21,28,32H,1,3-4,9-10,19-20H2,(H,31,37)(H,35,36);2-10H,1H3/p+1. The van der Waals surface area contributed by atoms with Crippen molar-refractivity contribution >= 4 is 51.5 Å². The number of carbonyl (C=O) groups excluding carboxylic acids is 1. The molecule has 1 saturated carbocycles. The number of para-hydroxylation sites is 4. The molecule has 56 heavy (non-hydrogen) atoms. The van der Waals surface area contributed by atoms with Crippen molar-refractivity contribution in [2.45, 2.75) is 44.6 Å². The van der Waals surface area contributed by atoms with Crippen molar-refractivity contribution in [1.29, 1.82) is 0 Å². The lowest BCUT2D eigenvalue weighted by molar-refractivity contribution is -0.136. The van der Waals surface area contributed by atoms with Gasteiger partial charge in [-0.3, -0.25) is 9.59 Å². The number of hydrogen-bond donors (Lipinski definition) is 4. The largest absolute Gasteiger partial charge is 0.481 e. The van der Waals surface area contributed by atoms with Gasteiger partial charge in [0, 0.05) is 41.4 Å². The smallest absolute Gasteiger partial charge is 0.360 e. The molecule has 284 valence electrons. The SMILES string of the molecule is C[N+]1(c2ccccc2)N=C(C(=O)O)c2ccccc21.O=C(O)CCNC(=O)c1ccc(NC(c2nn(-c3ccccc3)c3ccccc23)C2CCCCC2)cc1. The van der Waals surface area contributed by atoms with Crippen LogP contribution in [0.5, 0.6) is 0 Å². The molecule has 0 saturated heterocycles. The Balaban J connectivity index is 0.000000211. The van der Waals surface area contributed by atoms with E-state index in [1.54, 1.807) is 18.2 Å². The maximum atomic E-state index is 12.4. The molecule has 6 aromatic rings. The van der Waals surface area contributed by atoms with Crippen molar-refractivity contribution in [2.24, 2.45) is 11.0 Å². The van der Waals surface area contributed by atoms with E-state index in [9.17, 15) is 19.5 Å². The van der Waals surface area contributed by atoms with Gasteiger partial charge in [-0.15, -0.1) is 4.59 Å². The van der Waals surface area contributed by atoms with Gasteiger partial charge in [0.15, 0.2) is 11.4 Å². The number of carboxylic acid groups (broad SMARTS) is 2. The topological polar surface area (TPSA) is 146 Å². The third kappa shape index (κ3) is 8.08. The molecule has 2 unspecified atom stereocenters. The number of aromatic nitrogens is 2. The van der Waals surface area contributed by atoms with Crippen molar-refractivity contribution in [3.05, 3.63) is 150 Å². The Hall–Kier alpha value is -6.59. The highest BCUT2D eigenvalue weighted by atomic mass is 16.4. The molecule has 1 amide bonds. The zero-order valence-corrected chi connectivity index (χ0v) is 31.2. The first-order chi connectivity index (χ1) is 27.2. The number of quaternary nitrogens is 1. The van der Waals surface area contributed by atoms with E-state index in [1.807, 2.05) is 90.6 Å². The molecule has 0 bridgehead atoms. The number of fused-ring (bicyclic) bond motifs is 2. The summed E-state index contributed by atoms with van der Waals surface area (Å²) >= 11 is 0. The predicted octanol–water partition coefficient (Wildman–Crippen LogP) is 8.72. The highest BCUT2D eigenvalue weighted by Gasteiger charge is 2.41. The van der Waals surface area contributed by atoms with Crippen molar-refractivity contribution in [1.82, 2.24) is 19.7 Å². The molecule has 0 spiro atoms. The molecule has 11 nitrogen and oxygen atoms in total. The number of carboxylic acids is 2. The molecule has 1 aliphatic heterocycles. The van der Waals surface area contributed by atoms with E-state index in [0.717, 1.165) is 52.2 Å². The van der Waals surface area contributed by atoms with Gasteiger partial charge in [-0.05, 0) is 67.3 Å². The molecule has 0 radical (unpaired) electrons. The Morgan fingerprint density at radius 3 is 2.12 bits per heavy atom. The predicted molar refractivity (Wildman–Crippen MR) is 219 cm³/mol. The van der Waals surface area contributed by atoms with Crippen LogP contribution >= 0.6 is 0 Å². The minimum Gasteiger partial charge on any atom is -0.481 e. The summed E-state index contributed by atoms with van der Waals surface area (Å²) in [5.41, 5.74) is 7.20. The summed E-state index contributed by atoms with van der Waals surface area (Å²) in [5, 5.41) is 35.2. The van der Waals surface area contributed by atoms with Crippen LogP contribution in [0.25, 0.3) is 16.6 Å². The minimum absolute atomic E-state index is 0.0328. The first kappa shape index (κ1) is 37.7. The number of benzene rings is 5. The summed E-state index contributed by atoms with van der Waals surface area (Å²) in [4.78, 5) is 34.4. The van der Waals surface area contributed by atoms with E-state index < -0.39 is 11.9 Å². The summed E-state index contributed by atoms with van der Waals surface area (Å²) in [6.07, 6.45) is 5.90. The van der Waals surface area contributed by atoms with E-state index in [2.05, 4.69) is 52.1 Å². The third-order valence-corrected chi connectivity index (χ3v) is 10.5. The summed E-state index contributed by atoms with van der Waals surface area (Å²) in [6.45, 7) is 0.106. The molecule has 1 aromatic heterocycles. The molecule has 2 aliphatic rings. The summed E-state index contributed by atoms with van der Waals surface area (Å²) in [5.74, 6) is -1.75. The second-order valence-corrected chi connectivity index (χ2v) is 14.2. The van der Waals surface area contributed by atoms with Gasteiger partial charge in [0.1, 0.15) is 7.05 Å². The van der Waals surface area contributed by atoms with Gasteiger partial charge < -0.3 is 20.8 Å². The van der Waals surface area contributed by atoms with Crippen LogP contribution in [-0.2, 0) is 9.59 Å². The molecule has 5 aromatic carbocycles. The Morgan fingerprint density at radius 1 is 0.786 bits per heavy atom. The number of nitrogens with one attached hydrogen (secondary N) is 2. The van der Waals surface area contributed by atoms with Gasteiger partial charge in [-0.25, -0.2) is 9.48 Å². The van der Waals surface area contributed by atoms with Gasteiger partial charge >= 0.3 is 11.9 Å². The Bertz CT molecular complexity index is 2350. The van der Waals surface area contributed by atoms with Crippen LogP contribution in [0.2, 0.25) is 0 Å². The fraction of sp³-hybridized carbons (Fsp3) is 0.222. The lowest BCUT2D eigenvalue weighted by atomic mass is 9.82. The maximum absolute atomic E-state index is 12.4. The van der Waals surface area contributed by atoms with Crippen LogP contribution in [0.15, 0.2) is 139 Å². The van der Waals surface area contributed by atoms with Crippen LogP contribution in [0.4, 0.5) is 17.1 Å². The Morgan fingerprint density at radius 2 is 1.43 bits per heavy atom. The first-order valence-corrected chi connectivity index (χ1v) is 19.0. The van der Waals surface area contributed by atoms with Gasteiger partial charge in [0.2, 0.25) is 5.71 Å². The van der Waals surface area contributed by atoms with Crippen molar-refractivity contribution in [2.75, 3.05) is 18.9 Å². The number of nitrogens with zero attached hydrogens (tertiary/aromatic N) is 4. The molecular weight excluding hydrogens is 705 g/mol. The lowest BCUT2D eigenvalue weighted by Crippen LogP contribution is -2.31. The monoisotopic (exact) mass is 749 g/mol. The number of rotatable bonds is 11. The Kier molecular flexibility index (Phi) is 11.3. The van der Waals surface area contributed by atoms with Crippen molar-refractivity contribution in [3.8, 4) is 5.69 Å². The van der Waals surface area contributed by atoms with Gasteiger partial charge in [-0.2, -0.15) is 5.10 Å². The molecule has 4 N–H and O–H groups in total. The number of carbonyl (C=O) groups is 3. The summed E-state index contributed by atoms with van der Waals surface area (Å²) in [6, 6.07) is 43.2. The van der Waals surface area contributed by atoms with E-state index in [-0.39, 0.29) is 35.2 Å². The molecular formula is C45H45N6O5+. The van der Waals surface area contributed by atoms with E-state index >= 15 is 0 Å². The molecule has 2 heterocycles. The third-order valence-electron chi connectivity index (χ3n) is 10.5. The molecule has 2 atom stereocenters. The second kappa shape index (κ2) is 16.8. The molecule has 1 fully saturated rings. The maximum Gasteiger partial charge on any atom is 0.360 e. The van der Waals surface area contributed by atoms with E-state index in [0.29, 0.717) is 17.0 Å². The zero-order chi connectivity index (χ0) is 39.1. The number of amides is 1. The number of aliphatic carboxylic acids is 2. The molecule has 8 rings (SSSR count). The highest BCUT2D eigenvalue weighted by Crippen LogP contribution is 2.41. The zero-order valence-electron chi connectivity index (χ0n) is 31.2. The van der Waals surface area contributed by atoms with Crippen molar-refractivity contribution < 1.29 is 24.6 Å². The second-order valence-electron chi connectivity index (χ2n) is 14.2. The minimum atomic E-state index is -0.995. The van der Waals surface area contributed by atoms with Gasteiger partial charge in [0.25, 0.3) is 5.91 Å². The van der Waals surface area contributed by atoms with Crippen LogP contribution in [0, 0.1) is 5.92 Å². The van der Waals surface area contributed by atoms with Crippen LogP contribution in [0.3, 0.4) is 0 Å². The van der Waals surface area contributed by atoms with E-state index in [1.165, 1.54) is 19.3 Å². The Labute approximate surface area is 325 Å². The number of hydrogen-bond acceptors (Lipinski definition) is 6. The van der Waals surface area contributed by atoms with Gasteiger partial charge in [0.05, 0.1) is 34.9 Å². The lowest BCUT2D eigenvalue weighted by Gasteiger charge is -2.31. The van der Waals surface area contributed by atoms with Gasteiger partial charge in [-0.1, -0.05) is 91.1 Å². The molecule has 11 heteroatoms. The normalized spacial score (nSPS) is 16.8. The van der Waals surface area contributed by atoms with Crippen LogP contribution in [-0.4, -0.2) is 57.1 Å². The summed E-state index contributed by atoms with van der Waals surface area (Å²) < 4.78 is 2.17. The average Bonchev–Trinajstić information content (AvgIpc) is 3.78. The quantitative estimate of drug-likeness (QED) is 0.0970. The van der Waals surface area contributed by atoms with Crippen LogP contribution in [0.1, 0.15) is 66.2 Å². The molecule has 1 aliphatic carbocycles. The van der Waals surface area contributed by atoms with Crippen LogP contribution < -0.4 is 15.2 Å². The number of anilines is 1. The highest BCUT2D eigenvalue weighted by molar-refractivity contribution is 6.44. The average molecular weight is 750 g/mol. The fourth-order valence-corrected chi connectivity index (χ4v) is 7.68.